The van der Waals surface area contributed by atoms with Crippen molar-refractivity contribution in [2.24, 2.45) is 0 Å². The van der Waals surface area contributed by atoms with Crippen LogP contribution in [0.5, 0.6) is 23.0 Å². The Morgan fingerprint density at radius 3 is 2.23 bits per heavy atom. The highest BCUT2D eigenvalue weighted by molar-refractivity contribution is 7.99. The third-order valence-corrected chi connectivity index (χ3v) is 5.45. The third-order valence-electron chi connectivity index (χ3n) is 4.17. The van der Waals surface area contributed by atoms with Crippen molar-refractivity contribution in [2.75, 3.05) is 20.0 Å². The summed E-state index contributed by atoms with van der Waals surface area (Å²) in [5.41, 5.74) is 1.57. The summed E-state index contributed by atoms with van der Waals surface area (Å²) in [7, 11) is 3.16. The average Bonchev–Trinajstić information content (AvgIpc) is 2.62. The molecular formula is C19H21NO5S. The van der Waals surface area contributed by atoms with Gasteiger partial charge in [0.05, 0.1) is 14.2 Å². The Morgan fingerprint density at radius 1 is 1.04 bits per heavy atom. The van der Waals surface area contributed by atoms with Crippen LogP contribution < -0.4 is 9.47 Å². The number of benzene rings is 2. The summed E-state index contributed by atoms with van der Waals surface area (Å²) in [6.07, 6.45) is 0.451. The molecule has 3 rings (SSSR count). The maximum atomic E-state index is 12.6. The van der Waals surface area contributed by atoms with Gasteiger partial charge in [0.15, 0.2) is 0 Å². The molecule has 0 radical (unpaired) electrons. The molecule has 26 heavy (non-hydrogen) atoms. The second kappa shape index (κ2) is 7.78. The maximum absolute atomic E-state index is 12.6. The van der Waals surface area contributed by atoms with Crippen molar-refractivity contribution >= 4 is 17.7 Å². The van der Waals surface area contributed by atoms with Crippen LogP contribution in [-0.2, 0) is 11.3 Å². The van der Waals surface area contributed by atoms with Gasteiger partial charge in [0, 0.05) is 30.9 Å². The molecule has 6 nitrogen and oxygen atoms in total. The smallest absolute Gasteiger partial charge is 0.224 e. The number of thioether (sulfide) groups is 1. The summed E-state index contributed by atoms with van der Waals surface area (Å²) in [6.45, 7) is 0.375. The number of carbonyl (C=O) groups is 1. The van der Waals surface area contributed by atoms with Gasteiger partial charge in [-0.15, -0.1) is 11.8 Å². The molecular weight excluding hydrogens is 354 g/mol. The van der Waals surface area contributed by atoms with Crippen LogP contribution >= 0.6 is 11.8 Å². The molecule has 1 atom stereocenters. The van der Waals surface area contributed by atoms with Crippen LogP contribution in [0.15, 0.2) is 36.4 Å². The van der Waals surface area contributed by atoms with E-state index in [2.05, 4.69) is 0 Å². The molecule has 0 aromatic heterocycles. The molecule has 2 aromatic rings. The fraction of sp³-hybridized carbons (Fsp3) is 0.316. The largest absolute Gasteiger partial charge is 0.508 e. The van der Waals surface area contributed by atoms with E-state index in [0.717, 1.165) is 5.56 Å². The number of aromatic hydroxyl groups is 2. The summed E-state index contributed by atoms with van der Waals surface area (Å²) in [5, 5.41) is 19.3. The molecule has 2 N–H and O–H groups in total. The molecule has 1 amide bonds. The Bertz CT molecular complexity index is 768. The fourth-order valence-corrected chi connectivity index (χ4v) is 4.20. The highest BCUT2D eigenvalue weighted by atomic mass is 32.2. The Kier molecular flexibility index (Phi) is 5.46. The minimum Gasteiger partial charge on any atom is -0.508 e. The standard InChI is InChI=1S/C19H21NO5S/c1-24-16-5-12(6-17(10-16)25-2)11-20-18(23)3-4-26-19(20)13-7-14(21)9-15(22)8-13/h5-10,19,21-22H,3-4,11H2,1-2H3. The van der Waals surface area contributed by atoms with Gasteiger partial charge in [0.2, 0.25) is 5.91 Å². The van der Waals surface area contributed by atoms with Gasteiger partial charge in [-0.05, 0) is 35.4 Å². The third kappa shape index (κ3) is 3.99. The molecule has 1 saturated heterocycles. The number of hydrogen-bond acceptors (Lipinski definition) is 6. The number of nitrogens with zero attached hydrogens (tertiary/aromatic N) is 1. The van der Waals surface area contributed by atoms with Gasteiger partial charge in [0.1, 0.15) is 28.4 Å². The van der Waals surface area contributed by atoms with E-state index in [9.17, 15) is 15.0 Å². The summed E-state index contributed by atoms with van der Waals surface area (Å²) in [5.74, 6) is 1.98. The van der Waals surface area contributed by atoms with E-state index in [4.69, 9.17) is 9.47 Å². The molecule has 1 aliphatic rings. The number of amides is 1. The zero-order valence-electron chi connectivity index (χ0n) is 14.6. The number of hydrogen-bond donors (Lipinski definition) is 2. The summed E-state index contributed by atoms with van der Waals surface area (Å²) in [6, 6.07) is 9.94. The van der Waals surface area contributed by atoms with Crippen LogP contribution in [-0.4, -0.2) is 41.0 Å². The quantitative estimate of drug-likeness (QED) is 0.835. The molecule has 1 aliphatic heterocycles. The topological polar surface area (TPSA) is 79.2 Å². The van der Waals surface area contributed by atoms with Gasteiger partial charge in [-0.25, -0.2) is 0 Å². The van der Waals surface area contributed by atoms with Gasteiger partial charge in [-0.1, -0.05) is 0 Å². The van der Waals surface area contributed by atoms with Crippen LogP contribution in [0.1, 0.15) is 22.9 Å². The van der Waals surface area contributed by atoms with Crippen molar-refractivity contribution in [1.82, 2.24) is 4.90 Å². The van der Waals surface area contributed by atoms with Crippen LogP contribution in [0.3, 0.4) is 0 Å². The van der Waals surface area contributed by atoms with E-state index in [0.29, 0.717) is 35.8 Å². The van der Waals surface area contributed by atoms with Crippen molar-refractivity contribution in [2.45, 2.75) is 18.3 Å². The van der Waals surface area contributed by atoms with Gasteiger partial charge in [-0.3, -0.25) is 4.79 Å². The summed E-state index contributed by atoms with van der Waals surface area (Å²) >= 11 is 1.61. The first-order valence-electron chi connectivity index (χ1n) is 8.16. The number of carbonyl (C=O) groups excluding carboxylic acids is 1. The monoisotopic (exact) mass is 375 g/mol. The highest BCUT2D eigenvalue weighted by Gasteiger charge is 2.30. The lowest BCUT2D eigenvalue weighted by Crippen LogP contribution is -2.36. The molecule has 0 saturated carbocycles. The minimum atomic E-state index is -0.286. The van der Waals surface area contributed by atoms with Crippen molar-refractivity contribution in [3.05, 3.63) is 47.5 Å². The lowest BCUT2D eigenvalue weighted by atomic mass is 10.1. The lowest BCUT2D eigenvalue weighted by molar-refractivity contribution is -0.132. The number of methoxy groups -OCH3 is 2. The van der Waals surface area contributed by atoms with E-state index in [-0.39, 0.29) is 22.8 Å². The van der Waals surface area contributed by atoms with Crippen molar-refractivity contribution in [3.63, 3.8) is 0 Å². The number of phenols is 2. The van der Waals surface area contributed by atoms with Gasteiger partial charge >= 0.3 is 0 Å². The van der Waals surface area contributed by atoms with Crippen molar-refractivity contribution < 1.29 is 24.5 Å². The van der Waals surface area contributed by atoms with E-state index in [1.807, 2.05) is 12.1 Å². The molecule has 0 bridgehead atoms. The molecule has 138 valence electrons. The predicted octanol–water partition coefficient (Wildman–Crippen LogP) is 3.28. The Labute approximate surface area is 156 Å². The number of rotatable bonds is 5. The van der Waals surface area contributed by atoms with Crippen molar-refractivity contribution in [1.29, 1.82) is 0 Å². The fourth-order valence-electron chi connectivity index (χ4n) is 2.98. The zero-order chi connectivity index (χ0) is 18.7. The van der Waals surface area contributed by atoms with Crippen LogP contribution in [0, 0.1) is 0 Å². The van der Waals surface area contributed by atoms with Gasteiger partial charge in [0.25, 0.3) is 0 Å². The van der Waals surface area contributed by atoms with Crippen molar-refractivity contribution in [3.8, 4) is 23.0 Å². The van der Waals surface area contributed by atoms with Crippen LogP contribution in [0.2, 0.25) is 0 Å². The maximum Gasteiger partial charge on any atom is 0.224 e. The molecule has 1 unspecified atom stereocenters. The van der Waals surface area contributed by atoms with Gasteiger partial charge in [-0.2, -0.15) is 0 Å². The Morgan fingerprint density at radius 2 is 1.65 bits per heavy atom. The first kappa shape index (κ1) is 18.3. The van der Waals surface area contributed by atoms with Crippen LogP contribution in [0.4, 0.5) is 0 Å². The molecule has 7 heteroatoms. The predicted molar refractivity (Wildman–Crippen MR) is 99.7 cm³/mol. The first-order chi connectivity index (χ1) is 12.5. The normalized spacial score (nSPS) is 17.2. The molecule has 0 aliphatic carbocycles. The molecule has 0 spiro atoms. The van der Waals surface area contributed by atoms with E-state index >= 15 is 0 Å². The van der Waals surface area contributed by atoms with Gasteiger partial charge < -0.3 is 24.6 Å². The molecule has 1 heterocycles. The summed E-state index contributed by atoms with van der Waals surface area (Å²) < 4.78 is 10.6. The zero-order valence-corrected chi connectivity index (χ0v) is 15.5. The van der Waals surface area contributed by atoms with E-state index in [1.54, 1.807) is 49.1 Å². The van der Waals surface area contributed by atoms with E-state index in [1.165, 1.54) is 6.07 Å². The number of phenolic OH excluding ortho intramolecular Hbond substituents is 2. The molecule has 2 aromatic carbocycles. The summed E-state index contributed by atoms with van der Waals surface area (Å²) in [4.78, 5) is 14.3. The number of ether oxygens (including phenoxy) is 2. The Balaban J connectivity index is 1.93. The highest BCUT2D eigenvalue weighted by Crippen LogP contribution is 2.41. The van der Waals surface area contributed by atoms with Crippen LogP contribution in [0.25, 0.3) is 0 Å². The second-order valence-electron chi connectivity index (χ2n) is 6.00. The minimum absolute atomic E-state index is 0.0263. The average molecular weight is 375 g/mol. The second-order valence-corrected chi connectivity index (χ2v) is 7.19. The SMILES string of the molecule is COc1cc(CN2C(=O)CCSC2c2cc(O)cc(O)c2)cc(OC)c1. The molecule has 1 fully saturated rings. The lowest BCUT2D eigenvalue weighted by Gasteiger charge is -2.35. The first-order valence-corrected chi connectivity index (χ1v) is 9.21. The Hall–Kier alpha value is -2.54. The van der Waals surface area contributed by atoms with E-state index < -0.39 is 0 Å².